The number of nitrogens with zero attached hydrogens (tertiary/aromatic N) is 2. The summed E-state index contributed by atoms with van der Waals surface area (Å²) in [6.45, 7) is 6.92. The van der Waals surface area contributed by atoms with Gasteiger partial charge in [0.15, 0.2) is 0 Å². The maximum atomic E-state index is 2.74. The van der Waals surface area contributed by atoms with E-state index < -0.39 is 0 Å². The second-order valence-electron chi connectivity index (χ2n) is 29.4. The van der Waals surface area contributed by atoms with Gasteiger partial charge in [0.25, 0.3) is 6.71 Å². The molecule has 1 aromatic heterocycles. The Labute approximate surface area is 623 Å². The van der Waals surface area contributed by atoms with Crippen LogP contribution in [0.1, 0.15) is 26.3 Å². The summed E-state index contributed by atoms with van der Waals surface area (Å²) >= 11 is 1.90. The molecule has 106 heavy (non-hydrogen) atoms. The van der Waals surface area contributed by atoms with Crippen molar-refractivity contribution in [1.29, 1.82) is 0 Å². The van der Waals surface area contributed by atoms with E-state index in [1.54, 1.807) is 0 Å². The van der Waals surface area contributed by atoms with Crippen LogP contribution in [-0.2, 0) is 5.41 Å². The molecule has 3 heterocycles. The highest BCUT2D eigenvalue weighted by atomic mass is 32.1. The van der Waals surface area contributed by atoms with Crippen molar-refractivity contribution in [3.63, 3.8) is 0 Å². The highest BCUT2D eigenvalue weighted by molar-refractivity contribution is 7.26. The van der Waals surface area contributed by atoms with E-state index >= 15 is 0 Å². The van der Waals surface area contributed by atoms with E-state index in [9.17, 15) is 0 Å². The molecule has 17 aromatic carbocycles. The van der Waals surface area contributed by atoms with Crippen LogP contribution in [0.4, 0.5) is 34.1 Å². The first kappa shape index (κ1) is 62.9. The van der Waals surface area contributed by atoms with Gasteiger partial charge in [-0.2, -0.15) is 0 Å². The summed E-state index contributed by atoms with van der Waals surface area (Å²) < 4.78 is 2.58. The van der Waals surface area contributed by atoms with Crippen LogP contribution in [0, 0.1) is 0 Å². The fraction of sp³-hybridized carbons (Fsp3) is 0.0392. The highest BCUT2D eigenvalue weighted by Gasteiger charge is 2.46. The molecule has 0 bridgehead atoms. The first-order valence-electron chi connectivity index (χ1n) is 36.9. The maximum Gasteiger partial charge on any atom is 0.252 e. The van der Waals surface area contributed by atoms with Crippen LogP contribution >= 0.6 is 11.3 Å². The van der Waals surface area contributed by atoms with Crippen LogP contribution in [0.3, 0.4) is 0 Å². The minimum atomic E-state index is -0.338. The predicted molar refractivity (Wildman–Crippen MR) is 456 cm³/mol. The van der Waals surface area contributed by atoms with Crippen molar-refractivity contribution in [2.45, 2.75) is 26.2 Å². The van der Waals surface area contributed by atoms with Gasteiger partial charge in [-0.3, -0.25) is 0 Å². The van der Waals surface area contributed by atoms with E-state index in [2.05, 4.69) is 407 Å². The van der Waals surface area contributed by atoms with E-state index in [0.717, 1.165) is 106 Å². The normalized spacial score (nSPS) is 12.4. The van der Waals surface area contributed by atoms with Crippen LogP contribution in [0.15, 0.2) is 376 Å². The molecule has 2 aliphatic rings. The summed E-state index contributed by atoms with van der Waals surface area (Å²) in [6, 6.07) is 142. The van der Waals surface area contributed by atoms with Gasteiger partial charge in [-0.25, -0.2) is 0 Å². The zero-order valence-corrected chi connectivity index (χ0v) is 60.0. The van der Waals surface area contributed by atoms with Gasteiger partial charge in [-0.05, 0) is 181 Å². The summed E-state index contributed by atoms with van der Waals surface area (Å²) in [7, 11) is 0. The van der Waals surface area contributed by atoms with E-state index in [-0.39, 0.29) is 12.1 Å². The third kappa shape index (κ3) is 10.5. The zero-order valence-electron chi connectivity index (χ0n) is 59.2. The molecule has 18 aromatic rings. The third-order valence-corrected chi connectivity index (χ3v) is 23.4. The number of benzene rings is 17. The number of hydrogen-bond donors (Lipinski definition) is 0. The second kappa shape index (κ2) is 25.5. The van der Waals surface area contributed by atoms with Crippen LogP contribution in [0.25, 0.3) is 142 Å². The maximum absolute atomic E-state index is 2.74. The Morgan fingerprint density at radius 2 is 0.623 bits per heavy atom. The lowest BCUT2D eigenvalue weighted by atomic mass is 9.33. The first-order valence-corrected chi connectivity index (χ1v) is 37.7. The summed E-state index contributed by atoms with van der Waals surface area (Å²) in [5.41, 5.74) is 32.3. The lowest BCUT2D eigenvalue weighted by Crippen LogP contribution is -2.61. The molecule has 4 heteroatoms. The van der Waals surface area contributed by atoms with Crippen LogP contribution in [-0.4, -0.2) is 6.71 Å². The van der Waals surface area contributed by atoms with Gasteiger partial charge in [0.05, 0.1) is 11.4 Å². The molecule has 20 rings (SSSR count). The van der Waals surface area contributed by atoms with Gasteiger partial charge in [-0.1, -0.05) is 342 Å². The molecule has 0 saturated carbocycles. The van der Waals surface area contributed by atoms with E-state index in [1.165, 1.54) is 91.5 Å². The highest BCUT2D eigenvalue weighted by Crippen LogP contribution is 2.57. The Morgan fingerprint density at radius 1 is 0.245 bits per heavy atom. The van der Waals surface area contributed by atoms with Crippen LogP contribution < -0.4 is 26.2 Å². The number of rotatable bonds is 11. The van der Waals surface area contributed by atoms with E-state index in [4.69, 9.17) is 0 Å². The van der Waals surface area contributed by atoms with Crippen LogP contribution in [0.5, 0.6) is 0 Å². The quantitative estimate of drug-likeness (QED) is 0.0941. The molecular formula is C102H71BN2S. The summed E-state index contributed by atoms with van der Waals surface area (Å²) in [4.78, 5) is 5.45. The van der Waals surface area contributed by atoms with Crippen molar-refractivity contribution in [2.75, 3.05) is 9.80 Å². The minimum absolute atomic E-state index is 0.269. The van der Waals surface area contributed by atoms with Gasteiger partial charge in [-0.15, -0.1) is 11.3 Å². The minimum Gasteiger partial charge on any atom is -0.310 e. The third-order valence-electron chi connectivity index (χ3n) is 22.2. The van der Waals surface area contributed by atoms with Crippen molar-refractivity contribution in [1.82, 2.24) is 0 Å². The summed E-state index contributed by atoms with van der Waals surface area (Å²) in [5.74, 6) is 0. The Morgan fingerprint density at radius 3 is 1.08 bits per heavy atom. The van der Waals surface area contributed by atoms with Gasteiger partial charge < -0.3 is 9.80 Å². The van der Waals surface area contributed by atoms with Crippen molar-refractivity contribution in [2.24, 2.45) is 0 Å². The molecule has 0 spiro atoms. The topological polar surface area (TPSA) is 6.48 Å². The van der Waals surface area contributed by atoms with E-state index in [0.29, 0.717) is 0 Å². The molecule has 0 fully saturated rings. The van der Waals surface area contributed by atoms with Crippen molar-refractivity contribution in [3.05, 3.63) is 382 Å². The van der Waals surface area contributed by atoms with Crippen molar-refractivity contribution in [3.8, 4) is 100 Å². The largest absolute Gasteiger partial charge is 0.310 e. The number of fused-ring (bicyclic) bond motifs is 9. The molecule has 0 aliphatic carbocycles. The molecular weight excluding hydrogens is 1300 g/mol. The lowest BCUT2D eigenvalue weighted by Gasteiger charge is -2.46. The monoisotopic (exact) mass is 1370 g/mol. The molecule has 0 amide bonds. The standard InChI is InChI=1S/C102H71BN2S/c1-102(2,3)77-64-93-98-94(65-77)105(100-87(70-40-19-8-20-41-70)60-76(67-34-13-5-14-35-67)61-88(100)71-42-21-9-22-43-71)92-63-74(97-82-49-27-25-47-80(82)96(72-44-23-10-24-45-72)81-48-26-28-50-83(81)97)54-56-89(92)103(98)90-62-73(78-51-31-52-84-79-46-29-30-53-95(79)106-101(78)84)55-57-91(90)104(93)99-85(68-36-15-6-16-37-68)58-75(66-32-11-4-12-33-66)59-86(99)69-38-17-7-18-39-69/h4-65H,1-3H3. The fourth-order valence-corrected chi connectivity index (χ4v) is 18.5. The average molecular weight is 1370 g/mol. The van der Waals surface area contributed by atoms with E-state index in [1.807, 2.05) is 11.3 Å². The molecule has 2 nitrogen and oxygen atoms in total. The first-order chi connectivity index (χ1) is 52.3. The van der Waals surface area contributed by atoms with Crippen molar-refractivity contribution < 1.29 is 0 Å². The fourth-order valence-electron chi connectivity index (χ4n) is 17.3. The Balaban J connectivity index is 0.968. The predicted octanol–water partition coefficient (Wildman–Crippen LogP) is 26.7. The number of thiophene rings is 1. The lowest BCUT2D eigenvalue weighted by molar-refractivity contribution is 0.590. The summed E-state index contributed by atoms with van der Waals surface area (Å²) in [6.07, 6.45) is 0. The summed E-state index contributed by atoms with van der Waals surface area (Å²) in [5, 5.41) is 7.44. The molecule has 2 aliphatic heterocycles. The Hall–Kier alpha value is -12.9. The zero-order chi connectivity index (χ0) is 70.6. The van der Waals surface area contributed by atoms with Crippen LogP contribution in [0.2, 0.25) is 0 Å². The molecule has 0 radical (unpaired) electrons. The van der Waals surface area contributed by atoms with Gasteiger partial charge >= 0.3 is 0 Å². The molecule has 0 N–H and O–H groups in total. The second-order valence-corrected chi connectivity index (χ2v) is 30.4. The molecule has 0 saturated heterocycles. The molecule has 0 atom stereocenters. The average Bonchev–Trinajstić information content (AvgIpc) is 0.768. The molecule has 498 valence electrons. The van der Waals surface area contributed by atoms with Gasteiger partial charge in [0.1, 0.15) is 0 Å². The SMILES string of the molecule is CC(C)(C)c1cc2c3c(c1)N(c1c(-c4ccccc4)cc(-c4ccccc4)cc1-c1ccccc1)c1cc(-c4c5ccccc5c(-c5ccccc5)c5ccccc45)ccc1B3c1cc(-c3cccc4c3sc3ccccc34)ccc1N2c1c(-c2ccccc2)cc(-c2ccccc2)cc1-c1ccccc1. The number of anilines is 6. The smallest absolute Gasteiger partial charge is 0.252 e. The van der Waals surface area contributed by atoms with Gasteiger partial charge in [0, 0.05) is 65.2 Å². The Bertz CT molecular complexity index is 6290. The van der Waals surface area contributed by atoms with Crippen molar-refractivity contribution >= 4 is 110 Å². The Kier molecular flexibility index (Phi) is 15.1. The number of hydrogen-bond acceptors (Lipinski definition) is 3. The van der Waals surface area contributed by atoms with Gasteiger partial charge in [0.2, 0.25) is 0 Å². The molecule has 0 unspecified atom stereocenters.